The summed E-state index contributed by atoms with van der Waals surface area (Å²) in [5, 5.41) is 11.5. The van der Waals surface area contributed by atoms with E-state index in [1.54, 1.807) is 11.8 Å². The second-order valence-electron chi connectivity index (χ2n) is 3.75. The van der Waals surface area contributed by atoms with Crippen LogP contribution < -0.4 is 11.1 Å². The fourth-order valence-electron chi connectivity index (χ4n) is 1.10. The van der Waals surface area contributed by atoms with Crippen molar-refractivity contribution in [2.24, 2.45) is 11.7 Å². The molecule has 0 saturated heterocycles. The van der Waals surface area contributed by atoms with Crippen molar-refractivity contribution in [2.45, 2.75) is 25.8 Å². The summed E-state index contributed by atoms with van der Waals surface area (Å²) in [5.41, 5.74) is 5.69. The van der Waals surface area contributed by atoms with E-state index in [-0.39, 0.29) is 12.5 Å². The van der Waals surface area contributed by atoms with E-state index in [4.69, 9.17) is 10.8 Å². The zero-order valence-corrected chi connectivity index (χ0v) is 10.3. The molecule has 0 fully saturated rings. The lowest BCUT2D eigenvalue weighted by atomic mass is 10.1. The summed E-state index contributed by atoms with van der Waals surface area (Å²) < 4.78 is 0. The van der Waals surface area contributed by atoms with Gasteiger partial charge in [0.15, 0.2) is 0 Å². The summed E-state index contributed by atoms with van der Waals surface area (Å²) in [6, 6.07) is -0.404. The van der Waals surface area contributed by atoms with Gasteiger partial charge in [-0.25, -0.2) is 0 Å². The molecule has 0 rings (SSSR count). The predicted molar refractivity (Wildman–Crippen MR) is 64.9 cm³/mol. The Hall–Kier alpha value is -0.260. The quantitative estimate of drug-likeness (QED) is 0.561. The monoisotopic (exact) mass is 234 g/mol. The van der Waals surface area contributed by atoms with Crippen molar-refractivity contribution in [1.29, 1.82) is 0 Å². The maximum absolute atomic E-state index is 11.4. The first kappa shape index (κ1) is 14.7. The smallest absolute Gasteiger partial charge is 0.236 e. The number of nitrogens with two attached hydrogens (primary N) is 1. The average molecular weight is 234 g/mol. The van der Waals surface area contributed by atoms with E-state index in [1.165, 1.54) is 0 Å². The van der Waals surface area contributed by atoms with Gasteiger partial charge in [-0.15, -0.1) is 0 Å². The lowest BCUT2D eigenvalue weighted by molar-refractivity contribution is -0.122. The maximum atomic E-state index is 11.4. The summed E-state index contributed by atoms with van der Waals surface area (Å²) in [6.07, 6.45) is 3.41. The topological polar surface area (TPSA) is 75.4 Å². The number of rotatable bonds is 8. The highest BCUT2D eigenvalue weighted by molar-refractivity contribution is 7.98. The second-order valence-corrected chi connectivity index (χ2v) is 4.74. The zero-order valence-electron chi connectivity index (χ0n) is 9.53. The summed E-state index contributed by atoms with van der Waals surface area (Å²) >= 11 is 1.69. The van der Waals surface area contributed by atoms with Gasteiger partial charge in [-0.1, -0.05) is 6.92 Å². The van der Waals surface area contributed by atoms with Crippen LogP contribution in [0.15, 0.2) is 0 Å². The standard InChI is InChI=1S/C10H22N2O2S/c1-8(3-5-13)7-12-10(14)9(11)4-6-15-2/h8-9,13H,3-7,11H2,1-2H3,(H,12,14)/t8?,9-/m0/s1. The van der Waals surface area contributed by atoms with Crippen LogP contribution in [0.3, 0.4) is 0 Å². The largest absolute Gasteiger partial charge is 0.396 e. The van der Waals surface area contributed by atoms with Crippen molar-refractivity contribution in [3.05, 3.63) is 0 Å². The van der Waals surface area contributed by atoms with Crippen LogP contribution in [0.5, 0.6) is 0 Å². The first-order chi connectivity index (χ1) is 7.11. The van der Waals surface area contributed by atoms with Crippen molar-refractivity contribution in [3.8, 4) is 0 Å². The van der Waals surface area contributed by atoms with E-state index in [2.05, 4.69) is 5.32 Å². The molecular formula is C10H22N2O2S. The SMILES string of the molecule is CSCC[C@H](N)C(=O)NCC(C)CCO. The molecule has 0 bridgehead atoms. The minimum Gasteiger partial charge on any atom is -0.396 e. The third-order valence-corrected chi connectivity index (χ3v) is 2.86. The summed E-state index contributed by atoms with van der Waals surface area (Å²) in [4.78, 5) is 11.4. The van der Waals surface area contributed by atoms with Gasteiger partial charge in [0.1, 0.15) is 0 Å². The van der Waals surface area contributed by atoms with Crippen LogP contribution in [-0.4, -0.2) is 42.2 Å². The van der Waals surface area contributed by atoms with Gasteiger partial charge in [-0.05, 0) is 30.8 Å². The molecule has 0 aromatic heterocycles. The molecule has 1 amide bonds. The van der Waals surface area contributed by atoms with Crippen molar-refractivity contribution in [2.75, 3.05) is 25.2 Å². The molecule has 0 aliphatic rings. The molecule has 0 aliphatic carbocycles. The van der Waals surface area contributed by atoms with Crippen LogP contribution in [0.1, 0.15) is 19.8 Å². The summed E-state index contributed by atoms with van der Waals surface area (Å²) in [7, 11) is 0. The molecule has 4 nitrogen and oxygen atoms in total. The average Bonchev–Trinajstić information content (AvgIpc) is 2.22. The first-order valence-corrected chi connectivity index (χ1v) is 6.64. The van der Waals surface area contributed by atoms with Gasteiger partial charge in [0, 0.05) is 13.2 Å². The van der Waals surface area contributed by atoms with E-state index in [1.807, 2.05) is 13.2 Å². The Kier molecular flexibility index (Phi) is 8.85. The van der Waals surface area contributed by atoms with Gasteiger partial charge in [0.25, 0.3) is 0 Å². The first-order valence-electron chi connectivity index (χ1n) is 5.24. The minimum absolute atomic E-state index is 0.0890. The Bertz CT molecular complexity index is 179. The third-order valence-electron chi connectivity index (χ3n) is 2.22. The molecular weight excluding hydrogens is 212 g/mol. The lowest BCUT2D eigenvalue weighted by Crippen LogP contribution is -2.42. The molecule has 4 N–H and O–H groups in total. The van der Waals surface area contributed by atoms with Crippen LogP contribution in [-0.2, 0) is 4.79 Å². The number of hydrogen-bond acceptors (Lipinski definition) is 4. The Morgan fingerprint density at radius 1 is 1.53 bits per heavy atom. The number of hydrogen-bond donors (Lipinski definition) is 3. The van der Waals surface area contributed by atoms with Crippen LogP contribution in [0.25, 0.3) is 0 Å². The van der Waals surface area contributed by atoms with Crippen LogP contribution in [0, 0.1) is 5.92 Å². The van der Waals surface area contributed by atoms with E-state index in [0.717, 1.165) is 5.75 Å². The van der Waals surface area contributed by atoms with Gasteiger partial charge in [0.2, 0.25) is 5.91 Å². The van der Waals surface area contributed by atoms with Crippen molar-refractivity contribution < 1.29 is 9.90 Å². The number of aliphatic hydroxyl groups excluding tert-OH is 1. The van der Waals surface area contributed by atoms with Gasteiger partial charge in [-0.2, -0.15) is 11.8 Å². The maximum Gasteiger partial charge on any atom is 0.236 e. The van der Waals surface area contributed by atoms with E-state index < -0.39 is 6.04 Å². The second kappa shape index (κ2) is 9.00. The Morgan fingerprint density at radius 2 is 2.20 bits per heavy atom. The van der Waals surface area contributed by atoms with E-state index in [0.29, 0.717) is 25.3 Å². The molecule has 5 heteroatoms. The Balaban J connectivity index is 3.63. The van der Waals surface area contributed by atoms with Crippen molar-refractivity contribution in [1.82, 2.24) is 5.32 Å². The fourth-order valence-corrected chi connectivity index (χ4v) is 1.59. The van der Waals surface area contributed by atoms with Gasteiger partial charge >= 0.3 is 0 Å². The molecule has 15 heavy (non-hydrogen) atoms. The molecule has 0 aromatic carbocycles. The molecule has 0 aliphatic heterocycles. The minimum atomic E-state index is -0.404. The Labute approximate surface area is 96.0 Å². The van der Waals surface area contributed by atoms with Crippen molar-refractivity contribution >= 4 is 17.7 Å². The lowest BCUT2D eigenvalue weighted by Gasteiger charge is -2.14. The van der Waals surface area contributed by atoms with Crippen molar-refractivity contribution in [3.63, 3.8) is 0 Å². The molecule has 2 atom stereocenters. The highest BCUT2D eigenvalue weighted by Crippen LogP contribution is 2.00. The molecule has 0 heterocycles. The molecule has 0 spiro atoms. The van der Waals surface area contributed by atoms with Gasteiger partial charge < -0.3 is 16.2 Å². The highest BCUT2D eigenvalue weighted by Gasteiger charge is 2.13. The fraction of sp³-hybridized carbons (Fsp3) is 0.900. The van der Waals surface area contributed by atoms with Crippen LogP contribution in [0.4, 0.5) is 0 Å². The van der Waals surface area contributed by atoms with E-state index in [9.17, 15) is 4.79 Å². The number of nitrogens with one attached hydrogen (secondary N) is 1. The van der Waals surface area contributed by atoms with Crippen LogP contribution >= 0.6 is 11.8 Å². The number of thioether (sulfide) groups is 1. The van der Waals surface area contributed by atoms with Gasteiger partial charge in [0.05, 0.1) is 6.04 Å². The molecule has 0 aromatic rings. The summed E-state index contributed by atoms with van der Waals surface area (Å²) in [5.74, 6) is 1.11. The highest BCUT2D eigenvalue weighted by atomic mass is 32.2. The number of amides is 1. The summed E-state index contributed by atoms with van der Waals surface area (Å²) in [6.45, 7) is 2.74. The van der Waals surface area contributed by atoms with Crippen LogP contribution in [0.2, 0.25) is 0 Å². The number of carbonyl (C=O) groups is 1. The molecule has 0 radical (unpaired) electrons. The molecule has 90 valence electrons. The number of carbonyl (C=O) groups excluding carboxylic acids is 1. The molecule has 0 saturated carbocycles. The third kappa shape index (κ3) is 7.64. The number of aliphatic hydroxyl groups is 1. The predicted octanol–water partition coefficient (Wildman–Crippen LogP) is 0.202. The molecule has 1 unspecified atom stereocenters. The zero-order chi connectivity index (χ0) is 11.7. The van der Waals surface area contributed by atoms with E-state index >= 15 is 0 Å². The van der Waals surface area contributed by atoms with Gasteiger partial charge in [-0.3, -0.25) is 4.79 Å². The normalized spacial score (nSPS) is 14.7. The Morgan fingerprint density at radius 3 is 2.73 bits per heavy atom.